The van der Waals surface area contributed by atoms with Gasteiger partial charge in [0.05, 0.1) is 0 Å². The Morgan fingerprint density at radius 2 is 1.96 bits per heavy atom. The number of benzene rings is 1. The molecular weight excluding hydrogens is 319 g/mol. The molecule has 6 heteroatoms. The smallest absolute Gasteiger partial charge is 0.254 e. The van der Waals surface area contributed by atoms with E-state index >= 15 is 0 Å². The second-order valence-electron chi connectivity index (χ2n) is 7.25. The standard InChI is InChI=1S/C19H25FN4O/c20-17-11-13(1-2-15(17)16-3-6-22-12-18(16)21)19(25)24-10-9-23-7-4-14(24)5-8-23/h1-2,11-12,14,16,22H,3-10,21H2. The number of halogens is 1. The van der Waals surface area contributed by atoms with Crippen molar-refractivity contribution in [1.82, 2.24) is 15.1 Å². The Bertz CT molecular complexity index is 697. The van der Waals surface area contributed by atoms with Crippen LogP contribution in [0.25, 0.3) is 0 Å². The molecule has 1 atom stereocenters. The Morgan fingerprint density at radius 1 is 1.16 bits per heavy atom. The molecule has 4 aliphatic rings. The summed E-state index contributed by atoms with van der Waals surface area (Å²) in [7, 11) is 0. The van der Waals surface area contributed by atoms with Crippen LogP contribution >= 0.6 is 0 Å². The largest absolute Gasteiger partial charge is 0.400 e. The van der Waals surface area contributed by atoms with E-state index in [4.69, 9.17) is 5.73 Å². The maximum Gasteiger partial charge on any atom is 0.254 e. The van der Waals surface area contributed by atoms with Crippen LogP contribution in [0.4, 0.5) is 4.39 Å². The fourth-order valence-electron chi connectivity index (χ4n) is 4.28. The molecule has 3 fully saturated rings. The van der Waals surface area contributed by atoms with Gasteiger partial charge in [0.25, 0.3) is 5.91 Å². The highest BCUT2D eigenvalue weighted by Gasteiger charge is 2.32. The minimum absolute atomic E-state index is 0.0481. The third-order valence-corrected chi connectivity index (χ3v) is 5.79. The van der Waals surface area contributed by atoms with E-state index in [1.165, 1.54) is 6.07 Å². The van der Waals surface area contributed by atoms with Crippen LogP contribution < -0.4 is 11.1 Å². The van der Waals surface area contributed by atoms with Gasteiger partial charge in [-0.2, -0.15) is 0 Å². The molecule has 0 spiro atoms. The van der Waals surface area contributed by atoms with Gasteiger partial charge in [0, 0.05) is 62.1 Å². The van der Waals surface area contributed by atoms with Crippen molar-refractivity contribution < 1.29 is 9.18 Å². The molecule has 1 unspecified atom stereocenters. The van der Waals surface area contributed by atoms with Crippen molar-refractivity contribution in [3.63, 3.8) is 0 Å². The Hall–Kier alpha value is -2.08. The number of hydrogen-bond donors (Lipinski definition) is 2. The maximum absolute atomic E-state index is 14.7. The molecule has 1 aromatic rings. The number of amides is 1. The minimum Gasteiger partial charge on any atom is -0.400 e. The van der Waals surface area contributed by atoms with Gasteiger partial charge in [-0.1, -0.05) is 6.07 Å². The molecule has 0 aromatic heterocycles. The summed E-state index contributed by atoms with van der Waals surface area (Å²) in [5.74, 6) is -0.503. The van der Waals surface area contributed by atoms with Crippen molar-refractivity contribution in [2.45, 2.75) is 31.2 Å². The molecule has 5 nitrogen and oxygen atoms in total. The first-order valence-corrected chi connectivity index (χ1v) is 9.15. The molecular formula is C19H25FN4O. The molecule has 2 bridgehead atoms. The zero-order chi connectivity index (χ0) is 17.4. The van der Waals surface area contributed by atoms with Crippen LogP contribution in [-0.4, -0.2) is 54.5 Å². The zero-order valence-electron chi connectivity index (χ0n) is 14.4. The summed E-state index contributed by atoms with van der Waals surface area (Å²) in [5.41, 5.74) is 7.67. The lowest BCUT2D eigenvalue weighted by molar-refractivity contribution is 0.0684. The van der Waals surface area contributed by atoms with Crippen LogP contribution in [0.1, 0.15) is 41.1 Å². The first kappa shape index (κ1) is 16.4. The van der Waals surface area contributed by atoms with Gasteiger partial charge in [-0.15, -0.1) is 0 Å². The number of carbonyl (C=O) groups excluding carboxylic acids is 1. The predicted octanol–water partition coefficient (Wildman–Crippen LogP) is 1.62. The molecule has 3 N–H and O–H groups in total. The van der Waals surface area contributed by atoms with Crippen molar-refractivity contribution in [3.05, 3.63) is 47.0 Å². The van der Waals surface area contributed by atoms with Crippen molar-refractivity contribution in [2.24, 2.45) is 5.73 Å². The predicted molar refractivity (Wildman–Crippen MR) is 94.5 cm³/mol. The summed E-state index contributed by atoms with van der Waals surface area (Å²) in [5, 5.41) is 3.07. The molecule has 3 saturated heterocycles. The van der Waals surface area contributed by atoms with E-state index in [1.54, 1.807) is 18.3 Å². The Labute approximate surface area is 147 Å². The quantitative estimate of drug-likeness (QED) is 0.856. The van der Waals surface area contributed by atoms with E-state index in [2.05, 4.69) is 10.2 Å². The van der Waals surface area contributed by atoms with Crippen molar-refractivity contribution in [1.29, 1.82) is 0 Å². The topological polar surface area (TPSA) is 61.6 Å². The molecule has 0 aliphatic carbocycles. The van der Waals surface area contributed by atoms with Crippen LogP contribution in [0.5, 0.6) is 0 Å². The van der Waals surface area contributed by atoms with Crippen LogP contribution in [0.2, 0.25) is 0 Å². The Balaban J connectivity index is 1.56. The number of hydrogen-bond acceptors (Lipinski definition) is 4. The molecule has 0 saturated carbocycles. The molecule has 0 radical (unpaired) electrons. The van der Waals surface area contributed by atoms with Gasteiger partial charge in [0.15, 0.2) is 0 Å². The third kappa shape index (κ3) is 3.11. The number of allylic oxidation sites excluding steroid dienone is 1. The third-order valence-electron chi connectivity index (χ3n) is 5.79. The van der Waals surface area contributed by atoms with Crippen LogP contribution in [0, 0.1) is 5.82 Å². The van der Waals surface area contributed by atoms with Gasteiger partial charge in [-0.05, 0) is 37.0 Å². The zero-order valence-corrected chi connectivity index (χ0v) is 14.4. The van der Waals surface area contributed by atoms with Gasteiger partial charge < -0.3 is 20.9 Å². The van der Waals surface area contributed by atoms with E-state index in [0.717, 1.165) is 52.0 Å². The number of nitrogens with one attached hydrogen (secondary N) is 1. The SMILES string of the molecule is NC1=CNCCC1c1ccc(C(=O)N2CCN3CCC2CC3)cc1F. The second kappa shape index (κ2) is 6.67. The number of nitrogens with zero attached hydrogens (tertiary/aromatic N) is 2. The highest BCUT2D eigenvalue weighted by atomic mass is 19.1. The summed E-state index contributed by atoms with van der Waals surface area (Å²) in [6, 6.07) is 5.17. The molecule has 4 aliphatic heterocycles. The van der Waals surface area contributed by atoms with Gasteiger partial charge in [0.2, 0.25) is 0 Å². The van der Waals surface area contributed by atoms with Crippen molar-refractivity contribution in [2.75, 3.05) is 32.7 Å². The molecule has 5 rings (SSSR count). The lowest BCUT2D eigenvalue weighted by Crippen LogP contribution is -2.41. The normalized spacial score (nSPS) is 28.9. The fraction of sp³-hybridized carbons (Fsp3) is 0.526. The number of piperidine rings is 1. The summed E-state index contributed by atoms with van der Waals surface area (Å²) in [4.78, 5) is 17.3. The summed E-state index contributed by atoms with van der Waals surface area (Å²) >= 11 is 0. The second-order valence-corrected chi connectivity index (χ2v) is 7.25. The van der Waals surface area contributed by atoms with Gasteiger partial charge in [-0.25, -0.2) is 4.39 Å². The van der Waals surface area contributed by atoms with E-state index in [0.29, 0.717) is 16.8 Å². The molecule has 25 heavy (non-hydrogen) atoms. The first-order chi connectivity index (χ1) is 12.1. The van der Waals surface area contributed by atoms with E-state index in [9.17, 15) is 9.18 Å². The lowest BCUT2D eigenvalue weighted by Gasteiger charge is -2.31. The number of fused-ring (bicyclic) bond motifs is 4. The van der Waals surface area contributed by atoms with Crippen molar-refractivity contribution >= 4 is 5.91 Å². The monoisotopic (exact) mass is 344 g/mol. The van der Waals surface area contributed by atoms with Gasteiger partial charge in [-0.3, -0.25) is 4.79 Å². The van der Waals surface area contributed by atoms with Gasteiger partial charge >= 0.3 is 0 Å². The summed E-state index contributed by atoms with van der Waals surface area (Å²) in [6.07, 6.45) is 4.54. The molecule has 4 heterocycles. The molecule has 1 aromatic carbocycles. The highest BCUT2D eigenvalue weighted by Crippen LogP contribution is 2.30. The van der Waals surface area contributed by atoms with Gasteiger partial charge in [0.1, 0.15) is 5.82 Å². The Kier molecular flexibility index (Phi) is 4.37. The van der Waals surface area contributed by atoms with E-state index in [-0.39, 0.29) is 23.7 Å². The van der Waals surface area contributed by atoms with E-state index < -0.39 is 0 Å². The van der Waals surface area contributed by atoms with Crippen LogP contribution in [0.3, 0.4) is 0 Å². The van der Waals surface area contributed by atoms with Crippen LogP contribution in [-0.2, 0) is 0 Å². The maximum atomic E-state index is 14.7. The average molecular weight is 344 g/mol. The number of rotatable bonds is 2. The Morgan fingerprint density at radius 3 is 2.68 bits per heavy atom. The lowest BCUT2D eigenvalue weighted by atomic mass is 9.90. The number of nitrogens with two attached hydrogens (primary N) is 1. The number of carbonyl (C=O) groups is 1. The van der Waals surface area contributed by atoms with E-state index in [1.807, 2.05) is 4.90 Å². The highest BCUT2D eigenvalue weighted by molar-refractivity contribution is 5.94. The summed E-state index contributed by atoms with van der Waals surface area (Å²) < 4.78 is 14.7. The fourth-order valence-corrected chi connectivity index (χ4v) is 4.28. The average Bonchev–Trinajstić information content (AvgIpc) is 2.96. The summed E-state index contributed by atoms with van der Waals surface area (Å²) in [6.45, 7) is 4.54. The molecule has 134 valence electrons. The first-order valence-electron chi connectivity index (χ1n) is 9.15. The minimum atomic E-state index is -0.336. The molecule has 1 amide bonds. The van der Waals surface area contributed by atoms with Crippen molar-refractivity contribution in [3.8, 4) is 0 Å². The van der Waals surface area contributed by atoms with Crippen LogP contribution in [0.15, 0.2) is 30.1 Å².